The molecular weight excluding hydrogens is 407 g/mol. The van der Waals surface area contributed by atoms with Crippen molar-refractivity contribution in [1.82, 2.24) is 24.3 Å². The molecule has 3 aromatic heterocycles. The SMILES string of the molecule is COCc1noc(Cn2nc3ccc(-c4ccc(OC(F)(F)F)cc4)cn3c2=O)n1. The molecule has 0 saturated heterocycles. The number of hydrogen-bond acceptors (Lipinski definition) is 7. The van der Waals surface area contributed by atoms with Crippen LogP contribution in [0.25, 0.3) is 16.8 Å². The third kappa shape index (κ3) is 4.17. The summed E-state index contributed by atoms with van der Waals surface area (Å²) in [6, 6.07) is 8.66. The number of hydrogen-bond donors (Lipinski definition) is 0. The molecule has 0 aliphatic heterocycles. The zero-order valence-electron chi connectivity index (χ0n) is 15.5. The highest BCUT2D eigenvalue weighted by molar-refractivity contribution is 5.65. The van der Waals surface area contributed by atoms with E-state index in [9.17, 15) is 18.0 Å². The first-order valence-electron chi connectivity index (χ1n) is 8.58. The van der Waals surface area contributed by atoms with E-state index >= 15 is 0 Å². The molecule has 0 unspecified atom stereocenters. The number of methoxy groups -OCH3 is 1. The zero-order valence-corrected chi connectivity index (χ0v) is 15.5. The molecule has 0 fully saturated rings. The first-order chi connectivity index (χ1) is 14.3. The summed E-state index contributed by atoms with van der Waals surface area (Å²) in [6.07, 6.45) is -3.21. The van der Waals surface area contributed by atoms with Crippen LogP contribution in [0.3, 0.4) is 0 Å². The van der Waals surface area contributed by atoms with E-state index in [1.54, 1.807) is 18.3 Å². The number of pyridine rings is 1. The summed E-state index contributed by atoms with van der Waals surface area (Å²) in [7, 11) is 1.50. The van der Waals surface area contributed by atoms with Gasteiger partial charge in [0.25, 0.3) is 0 Å². The van der Waals surface area contributed by atoms with Gasteiger partial charge in [-0.25, -0.2) is 13.9 Å². The predicted molar refractivity (Wildman–Crippen MR) is 95.7 cm³/mol. The van der Waals surface area contributed by atoms with Gasteiger partial charge >= 0.3 is 12.1 Å². The number of ether oxygens (including phenoxy) is 2. The second-order valence-corrected chi connectivity index (χ2v) is 6.20. The third-order valence-corrected chi connectivity index (χ3v) is 4.07. The lowest BCUT2D eigenvalue weighted by Gasteiger charge is -2.09. The standard InChI is InChI=1S/C18H14F3N5O4/c1-28-10-14-22-16(30-24-14)9-26-17(27)25-8-12(4-7-15(25)23-26)11-2-5-13(6-3-11)29-18(19,20)21/h2-8H,9-10H2,1H3. The van der Waals surface area contributed by atoms with Crippen molar-refractivity contribution in [3.8, 4) is 16.9 Å². The maximum absolute atomic E-state index is 12.7. The van der Waals surface area contributed by atoms with E-state index in [-0.39, 0.29) is 24.8 Å². The van der Waals surface area contributed by atoms with Crippen molar-refractivity contribution in [2.24, 2.45) is 0 Å². The average molecular weight is 421 g/mol. The minimum atomic E-state index is -4.76. The highest BCUT2D eigenvalue weighted by atomic mass is 19.4. The van der Waals surface area contributed by atoms with Gasteiger partial charge in [-0.05, 0) is 35.4 Å². The monoisotopic (exact) mass is 421 g/mol. The van der Waals surface area contributed by atoms with E-state index in [2.05, 4.69) is 20.0 Å². The fourth-order valence-electron chi connectivity index (χ4n) is 2.81. The summed E-state index contributed by atoms with van der Waals surface area (Å²) in [4.78, 5) is 16.8. The predicted octanol–water partition coefficient (Wildman–Crippen LogP) is 2.64. The highest BCUT2D eigenvalue weighted by Crippen LogP contribution is 2.26. The van der Waals surface area contributed by atoms with E-state index < -0.39 is 12.1 Å². The van der Waals surface area contributed by atoms with Crippen LogP contribution in [0.5, 0.6) is 5.75 Å². The lowest BCUT2D eigenvalue weighted by atomic mass is 10.1. The number of rotatable bonds is 6. The second kappa shape index (κ2) is 7.63. The van der Waals surface area contributed by atoms with Crippen LogP contribution < -0.4 is 10.4 Å². The smallest absolute Gasteiger partial charge is 0.406 e. The zero-order chi connectivity index (χ0) is 21.3. The summed E-state index contributed by atoms with van der Waals surface area (Å²) in [5.41, 5.74) is 1.17. The second-order valence-electron chi connectivity index (χ2n) is 6.20. The van der Waals surface area contributed by atoms with E-state index in [0.717, 1.165) is 0 Å². The summed E-state index contributed by atoms with van der Waals surface area (Å²) >= 11 is 0. The lowest BCUT2D eigenvalue weighted by Crippen LogP contribution is -2.21. The summed E-state index contributed by atoms with van der Waals surface area (Å²) < 4.78 is 53.2. The van der Waals surface area contributed by atoms with Gasteiger partial charge in [0.1, 0.15) is 18.9 Å². The first kappa shape index (κ1) is 19.6. The molecule has 0 amide bonds. The van der Waals surface area contributed by atoms with E-state index in [4.69, 9.17) is 9.26 Å². The first-order valence-corrected chi connectivity index (χ1v) is 8.58. The normalized spacial score (nSPS) is 11.9. The van der Waals surface area contributed by atoms with Gasteiger partial charge in [-0.1, -0.05) is 17.3 Å². The van der Waals surface area contributed by atoms with Crippen molar-refractivity contribution in [1.29, 1.82) is 0 Å². The van der Waals surface area contributed by atoms with Crippen molar-refractivity contribution >= 4 is 5.65 Å². The van der Waals surface area contributed by atoms with Crippen LogP contribution in [0, 0.1) is 0 Å². The number of halogens is 3. The summed E-state index contributed by atoms with van der Waals surface area (Å²) in [6.45, 7) is 0.162. The maximum Gasteiger partial charge on any atom is 0.573 e. The minimum Gasteiger partial charge on any atom is -0.406 e. The number of aromatic nitrogens is 5. The molecule has 4 aromatic rings. The van der Waals surface area contributed by atoms with Gasteiger partial charge < -0.3 is 14.0 Å². The Balaban J connectivity index is 1.60. The average Bonchev–Trinajstić information content (AvgIpc) is 3.26. The van der Waals surface area contributed by atoms with Crippen LogP contribution in [0.2, 0.25) is 0 Å². The molecule has 0 spiro atoms. The van der Waals surface area contributed by atoms with E-state index in [1.165, 1.54) is 40.5 Å². The third-order valence-electron chi connectivity index (χ3n) is 4.07. The van der Waals surface area contributed by atoms with Crippen LogP contribution in [-0.4, -0.2) is 37.8 Å². The molecule has 0 N–H and O–H groups in total. The van der Waals surface area contributed by atoms with Crippen LogP contribution in [0.4, 0.5) is 13.2 Å². The van der Waals surface area contributed by atoms with Gasteiger partial charge in [0.05, 0.1) is 0 Å². The molecule has 30 heavy (non-hydrogen) atoms. The molecule has 1 aromatic carbocycles. The molecule has 156 valence electrons. The van der Waals surface area contributed by atoms with Gasteiger partial charge in [-0.15, -0.1) is 18.3 Å². The van der Waals surface area contributed by atoms with Gasteiger partial charge in [0.15, 0.2) is 11.5 Å². The Labute approximate surface area is 166 Å². The molecule has 12 heteroatoms. The van der Waals surface area contributed by atoms with Gasteiger partial charge in [-0.2, -0.15) is 4.98 Å². The van der Waals surface area contributed by atoms with E-state index in [0.29, 0.717) is 22.6 Å². The Bertz CT molecular complexity index is 1230. The number of fused-ring (bicyclic) bond motifs is 1. The molecule has 0 aliphatic carbocycles. The van der Waals surface area contributed by atoms with Crippen molar-refractivity contribution in [2.75, 3.05) is 7.11 Å². The largest absolute Gasteiger partial charge is 0.573 e. The molecule has 0 saturated carbocycles. The topological polar surface area (TPSA) is 96.7 Å². The molecule has 0 atom stereocenters. The number of benzene rings is 1. The Morgan fingerprint density at radius 1 is 1.10 bits per heavy atom. The van der Waals surface area contributed by atoms with Crippen molar-refractivity contribution in [3.63, 3.8) is 0 Å². The minimum absolute atomic E-state index is 0.0178. The van der Waals surface area contributed by atoms with Crippen LogP contribution >= 0.6 is 0 Å². The molecule has 0 radical (unpaired) electrons. The molecule has 9 nitrogen and oxygen atoms in total. The van der Waals surface area contributed by atoms with Crippen LogP contribution in [0.15, 0.2) is 51.9 Å². The Morgan fingerprint density at radius 2 is 1.83 bits per heavy atom. The summed E-state index contributed by atoms with van der Waals surface area (Å²) in [5, 5.41) is 7.94. The Morgan fingerprint density at radius 3 is 2.53 bits per heavy atom. The number of nitrogens with zero attached hydrogens (tertiary/aromatic N) is 5. The van der Waals surface area contributed by atoms with Crippen LogP contribution in [-0.2, 0) is 17.9 Å². The van der Waals surface area contributed by atoms with Crippen molar-refractivity contribution in [2.45, 2.75) is 19.5 Å². The fraction of sp³-hybridized carbons (Fsp3) is 0.222. The lowest BCUT2D eigenvalue weighted by molar-refractivity contribution is -0.274. The highest BCUT2D eigenvalue weighted by Gasteiger charge is 2.31. The van der Waals surface area contributed by atoms with Gasteiger partial charge in [0.2, 0.25) is 5.89 Å². The van der Waals surface area contributed by atoms with Crippen LogP contribution in [0.1, 0.15) is 11.7 Å². The molecule has 0 aliphatic rings. The van der Waals surface area contributed by atoms with E-state index in [1.807, 2.05) is 0 Å². The molecule has 0 bridgehead atoms. The fourth-order valence-corrected chi connectivity index (χ4v) is 2.81. The van der Waals surface area contributed by atoms with Gasteiger partial charge in [0, 0.05) is 13.3 Å². The quantitative estimate of drug-likeness (QED) is 0.472. The Hall–Kier alpha value is -3.67. The molecular formula is C18H14F3N5O4. The van der Waals surface area contributed by atoms with Gasteiger partial charge in [-0.3, -0.25) is 0 Å². The van der Waals surface area contributed by atoms with Crippen molar-refractivity contribution in [3.05, 3.63) is 64.8 Å². The number of alkyl halides is 3. The van der Waals surface area contributed by atoms with Crippen molar-refractivity contribution < 1.29 is 27.2 Å². The Kier molecular flexibility index (Phi) is 4.99. The molecule has 4 rings (SSSR count). The maximum atomic E-state index is 12.7. The summed E-state index contributed by atoms with van der Waals surface area (Å²) in [5.74, 6) is 0.224. The molecule has 3 heterocycles.